The van der Waals surface area contributed by atoms with E-state index in [1.54, 1.807) is 48.5 Å². The standard InChI is InChI=1S/C24H22ClNO3/c25-20-7-11-22(12-8-20)29-21-9-5-18(6-10-21)23(27)15-17-1-3-19(4-2-17)24-16-26-13-14-28-24/h1-12,24,26H,13-16H2. The number of carbonyl (C=O) groups is 1. The molecule has 0 saturated carbocycles. The Hall–Kier alpha value is -2.66. The number of halogens is 1. The lowest BCUT2D eigenvalue weighted by molar-refractivity contribution is 0.0277. The maximum atomic E-state index is 12.6. The first-order chi connectivity index (χ1) is 14.2. The van der Waals surface area contributed by atoms with Gasteiger partial charge in [0.1, 0.15) is 11.5 Å². The molecule has 0 aromatic heterocycles. The van der Waals surface area contributed by atoms with Gasteiger partial charge in [0, 0.05) is 30.1 Å². The Morgan fingerprint density at radius 1 is 0.966 bits per heavy atom. The van der Waals surface area contributed by atoms with E-state index in [4.69, 9.17) is 21.1 Å². The second kappa shape index (κ2) is 9.23. The lowest BCUT2D eigenvalue weighted by Gasteiger charge is -2.24. The van der Waals surface area contributed by atoms with Crippen molar-refractivity contribution in [2.75, 3.05) is 19.7 Å². The first-order valence-electron chi connectivity index (χ1n) is 9.65. The van der Waals surface area contributed by atoms with Gasteiger partial charge in [0.05, 0.1) is 12.7 Å². The van der Waals surface area contributed by atoms with Crippen LogP contribution in [0.5, 0.6) is 11.5 Å². The maximum absolute atomic E-state index is 12.6. The molecule has 29 heavy (non-hydrogen) atoms. The zero-order chi connectivity index (χ0) is 20.1. The van der Waals surface area contributed by atoms with Crippen molar-refractivity contribution in [1.29, 1.82) is 0 Å². The average molecular weight is 408 g/mol. The third kappa shape index (κ3) is 5.24. The number of Topliss-reactive ketones (excluding diaryl/α,β-unsaturated/α-hetero) is 1. The third-order valence-electron chi connectivity index (χ3n) is 4.87. The molecule has 4 nitrogen and oxygen atoms in total. The molecule has 0 bridgehead atoms. The third-order valence-corrected chi connectivity index (χ3v) is 5.12. The highest BCUT2D eigenvalue weighted by Gasteiger charge is 2.15. The van der Waals surface area contributed by atoms with Crippen LogP contribution in [0.2, 0.25) is 5.02 Å². The van der Waals surface area contributed by atoms with Gasteiger partial charge in [-0.3, -0.25) is 4.79 Å². The van der Waals surface area contributed by atoms with Crippen molar-refractivity contribution in [3.05, 3.63) is 94.5 Å². The quantitative estimate of drug-likeness (QED) is 0.569. The molecule has 1 aliphatic rings. The van der Waals surface area contributed by atoms with Crippen LogP contribution in [0.15, 0.2) is 72.8 Å². The van der Waals surface area contributed by atoms with Gasteiger partial charge in [-0.2, -0.15) is 0 Å². The molecule has 4 rings (SSSR count). The van der Waals surface area contributed by atoms with Gasteiger partial charge in [-0.15, -0.1) is 0 Å². The van der Waals surface area contributed by atoms with Gasteiger partial charge >= 0.3 is 0 Å². The molecule has 1 fully saturated rings. The van der Waals surface area contributed by atoms with Crippen LogP contribution in [0, 0.1) is 0 Å². The summed E-state index contributed by atoms with van der Waals surface area (Å²) in [5.41, 5.74) is 2.79. The Morgan fingerprint density at radius 2 is 1.62 bits per heavy atom. The largest absolute Gasteiger partial charge is 0.457 e. The molecular formula is C24H22ClNO3. The minimum atomic E-state index is 0.0753. The minimum Gasteiger partial charge on any atom is -0.457 e. The number of hydrogen-bond donors (Lipinski definition) is 1. The molecule has 1 aliphatic heterocycles. The van der Waals surface area contributed by atoms with Crippen molar-refractivity contribution in [3.8, 4) is 11.5 Å². The van der Waals surface area contributed by atoms with Crippen LogP contribution < -0.4 is 10.1 Å². The lowest BCUT2D eigenvalue weighted by Crippen LogP contribution is -2.33. The summed E-state index contributed by atoms with van der Waals surface area (Å²) >= 11 is 5.88. The molecule has 3 aromatic carbocycles. The molecule has 1 atom stereocenters. The SMILES string of the molecule is O=C(Cc1ccc(C2CNCCO2)cc1)c1ccc(Oc2ccc(Cl)cc2)cc1. The zero-order valence-electron chi connectivity index (χ0n) is 15.9. The summed E-state index contributed by atoms with van der Waals surface area (Å²) < 4.78 is 11.5. The fraction of sp³-hybridized carbons (Fsp3) is 0.208. The van der Waals surface area contributed by atoms with E-state index >= 15 is 0 Å². The lowest BCUT2D eigenvalue weighted by atomic mass is 10.0. The molecule has 0 spiro atoms. The highest BCUT2D eigenvalue weighted by Crippen LogP contribution is 2.24. The molecule has 0 amide bonds. The van der Waals surface area contributed by atoms with Crippen molar-refractivity contribution < 1.29 is 14.3 Å². The monoisotopic (exact) mass is 407 g/mol. The number of benzene rings is 3. The summed E-state index contributed by atoms with van der Waals surface area (Å²) in [5.74, 6) is 1.45. The Labute approximate surface area is 175 Å². The molecule has 1 saturated heterocycles. The molecule has 1 unspecified atom stereocenters. The second-order valence-corrected chi connectivity index (χ2v) is 7.42. The maximum Gasteiger partial charge on any atom is 0.167 e. The van der Waals surface area contributed by atoms with Gasteiger partial charge in [0.2, 0.25) is 0 Å². The van der Waals surface area contributed by atoms with Crippen LogP contribution >= 0.6 is 11.6 Å². The van der Waals surface area contributed by atoms with E-state index < -0.39 is 0 Å². The summed E-state index contributed by atoms with van der Waals surface area (Å²) in [4.78, 5) is 12.6. The summed E-state index contributed by atoms with van der Waals surface area (Å²) in [6, 6.07) is 22.5. The van der Waals surface area contributed by atoms with E-state index in [1.165, 1.54) is 0 Å². The highest BCUT2D eigenvalue weighted by atomic mass is 35.5. The van der Waals surface area contributed by atoms with Gasteiger partial charge in [-0.25, -0.2) is 0 Å². The van der Waals surface area contributed by atoms with Crippen LogP contribution in [0.25, 0.3) is 0 Å². The van der Waals surface area contributed by atoms with Crippen LogP contribution in [-0.2, 0) is 11.2 Å². The number of hydrogen-bond acceptors (Lipinski definition) is 4. The molecule has 0 radical (unpaired) electrons. The second-order valence-electron chi connectivity index (χ2n) is 6.99. The van der Waals surface area contributed by atoms with Gasteiger partial charge in [0.25, 0.3) is 0 Å². The van der Waals surface area contributed by atoms with Crippen molar-refractivity contribution in [2.45, 2.75) is 12.5 Å². The predicted octanol–water partition coefficient (Wildman–Crippen LogP) is 5.22. The number of rotatable bonds is 6. The van der Waals surface area contributed by atoms with E-state index in [1.807, 2.05) is 24.3 Å². The van der Waals surface area contributed by atoms with Crippen LogP contribution in [0.4, 0.5) is 0 Å². The normalized spacial score (nSPS) is 16.4. The van der Waals surface area contributed by atoms with Gasteiger partial charge in [-0.1, -0.05) is 35.9 Å². The molecule has 1 heterocycles. The number of morpholine rings is 1. The zero-order valence-corrected chi connectivity index (χ0v) is 16.7. The van der Waals surface area contributed by atoms with Crippen molar-refractivity contribution in [3.63, 3.8) is 0 Å². The molecule has 5 heteroatoms. The highest BCUT2D eigenvalue weighted by molar-refractivity contribution is 6.30. The van der Waals surface area contributed by atoms with Crippen LogP contribution in [0.3, 0.4) is 0 Å². The van der Waals surface area contributed by atoms with Crippen molar-refractivity contribution in [1.82, 2.24) is 5.32 Å². The summed E-state index contributed by atoms with van der Waals surface area (Å²) in [5, 5.41) is 3.99. The number of carbonyl (C=O) groups excluding carboxylic acids is 1. The van der Waals surface area contributed by atoms with E-state index in [-0.39, 0.29) is 11.9 Å². The first-order valence-corrected chi connectivity index (χ1v) is 10.0. The average Bonchev–Trinajstić information content (AvgIpc) is 2.77. The van der Waals surface area contributed by atoms with Gasteiger partial charge in [-0.05, 0) is 59.7 Å². The summed E-state index contributed by atoms with van der Waals surface area (Å²) in [6.45, 7) is 2.44. The number of ketones is 1. The van der Waals surface area contributed by atoms with Crippen molar-refractivity contribution in [2.24, 2.45) is 0 Å². The molecule has 0 aliphatic carbocycles. The number of nitrogens with one attached hydrogen (secondary N) is 1. The Balaban J connectivity index is 1.36. The Morgan fingerprint density at radius 3 is 2.24 bits per heavy atom. The summed E-state index contributed by atoms with van der Waals surface area (Å²) in [7, 11) is 0. The Kier molecular flexibility index (Phi) is 6.25. The smallest absolute Gasteiger partial charge is 0.167 e. The number of ether oxygens (including phenoxy) is 2. The van der Waals surface area contributed by atoms with E-state index in [0.717, 1.165) is 30.8 Å². The van der Waals surface area contributed by atoms with Gasteiger partial charge < -0.3 is 14.8 Å². The predicted molar refractivity (Wildman–Crippen MR) is 114 cm³/mol. The minimum absolute atomic E-state index is 0.0753. The van der Waals surface area contributed by atoms with E-state index in [9.17, 15) is 4.79 Å². The summed E-state index contributed by atoms with van der Waals surface area (Å²) in [6.07, 6.45) is 0.447. The Bertz CT molecular complexity index is 947. The van der Waals surface area contributed by atoms with Crippen LogP contribution in [0.1, 0.15) is 27.6 Å². The molecule has 1 N–H and O–H groups in total. The fourth-order valence-corrected chi connectivity index (χ4v) is 3.39. The van der Waals surface area contributed by atoms with E-state index in [2.05, 4.69) is 5.32 Å². The first kappa shape index (κ1) is 19.6. The topological polar surface area (TPSA) is 47.6 Å². The van der Waals surface area contributed by atoms with Crippen molar-refractivity contribution >= 4 is 17.4 Å². The van der Waals surface area contributed by atoms with Gasteiger partial charge in [0.15, 0.2) is 5.78 Å². The molecular weight excluding hydrogens is 386 g/mol. The van der Waals surface area contributed by atoms with E-state index in [0.29, 0.717) is 28.5 Å². The molecule has 3 aromatic rings. The molecule has 148 valence electrons. The fourth-order valence-electron chi connectivity index (χ4n) is 3.26. The van der Waals surface area contributed by atoms with Crippen LogP contribution in [-0.4, -0.2) is 25.5 Å².